The van der Waals surface area contributed by atoms with Gasteiger partial charge in [0.1, 0.15) is 0 Å². The first-order valence-corrected chi connectivity index (χ1v) is 12.8. The fourth-order valence-electron chi connectivity index (χ4n) is 4.83. The summed E-state index contributed by atoms with van der Waals surface area (Å²) in [6.45, 7) is 4.91. The maximum atomic E-state index is 12.4. The second-order valence-corrected chi connectivity index (χ2v) is 11.0. The van der Waals surface area contributed by atoms with E-state index >= 15 is 0 Å². The predicted molar refractivity (Wildman–Crippen MR) is 123 cm³/mol. The molecule has 3 N–H and O–H groups in total. The van der Waals surface area contributed by atoms with Crippen LogP contribution in [0.1, 0.15) is 25.3 Å². The number of H-pyrrole nitrogens is 1. The number of aromatic amines is 1. The number of piperazine rings is 1. The zero-order valence-corrected chi connectivity index (χ0v) is 19.5. The molecule has 0 amide bonds. The maximum absolute atomic E-state index is 12.4. The van der Waals surface area contributed by atoms with Crippen molar-refractivity contribution < 1.29 is 8.42 Å². The fraction of sp³-hybridized carbons (Fsp3) is 0.600. The molecule has 2 aromatic rings. The first-order valence-electron chi connectivity index (χ1n) is 10.6. The molecule has 31 heavy (non-hydrogen) atoms. The lowest BCUT2D eigenvalue weighted by Crippen LogP contribution is -2.63. The van der Waals surface area contributed by atoms with Crippen LogP contribution in [0, 0.1) is 0 Å². The highest BCUT2D eigenvalue weighted by Crippen LogP contribution is 2.28. The van der Waals surface area contributed by atoms with Crippen LogP contribution in [0.2, 0.25) is 5.02 Å². The minimum absolute atomic E-state index is 0.0534. The molecule has 0 saturated carbocycles. The molecule has 170 valence electrons. The summed E-state index contributed by atoms with van der Waals surface area (Å²) in [5.41, 5.74) is 6.83. The molecule has 4 rings (SSSR count). The summed E-state index contributed by atoms with van der Waals surface area (Å²) in [6, 6.07) is 8.28. The van der Waals surface area contributed by atoms with Crippen molar-refractivity contribution >= 4 is 33.5 Å². The van der Waals surface area contributed by atoms with Gasteiger partial charge in [-0.25, -0.2) is 13.5 Å². The number of sulfonamides is 1. The molecular weight excluding hydrogens is 438 g/mol. The molecular formula is C20H30ClN7O2S. The van der Waals surface area contributed by atoms with Gasteiger partial charge in [0.25, 0.3) is 0 Å². The quantitative estimate of drug-likeness (QED) is 0.686. The van der Waals surface area contributed by atoms with Gasteiger partial charge in [0.05, 0.1) is 6.26 Å². The molecule has 9 nitrogen and oxygen atoms in total. The minimum atomic E-state index is -3.26. The standard InChI is InChI=1S/C20H30ClN7O2S/c1-14-12-27(17-7-9-26(10-8-17)20-23-19(22)24-25-20)18(13-28(14)31(2,29)30)11-15-3-5-16(21)6-4-15/h3-6,14,17-18H,7-13H2,1-2H3,(H3,22,23,24,25)/t14-,18?/m0/s1. The van der Waals surface area contributed by atoms with Crippen LogP contribution < -0.4 is 10.6 Å². The SMILES string of the molecule is C[C@H]1CN(C2CCN(c3n[nH]c(N)n3)CC2)C(Cc2ccc(Cl)cc2)CN1S(C)(=O)=O. The van der Waals surface area contributed by atoms with E-state index in [0.29, 0.717) is 29.5 Å². The molecule has 2 saturated heterocycles. The van der Waals surface area contributed by atoms with E-state index in [1.807, 2.05) is 31.2 Å². The third-order valence-electron chi connectivity index (χ3n) is 6.34. The number of hydrogen-bond donors (Lipinski definition) is 2. The molecule has 2 aliphatic rings. The van der Waals surface area contributed by atoms with Crippen molar-refractivity contribution in [2.24, 2.45) is 0 Å². The lowest BCUT2D eigenvalue weighted by atomic mass is 9.95. The van der Waals surface area contributed by atoms with Crippen LogP contribution in [-0.2, 0) is 16.4 Å². The van der Waals surface area contributed by atoms with Crippen LogP contribution in [0.4, 0.5) is 11.9 Å². The summed E-state index contributed by atoms with van der Waals surface area (Å²) < 4.78 is 26.4. The van der Waals surface area contributed by atoms with Gasteiger partial charge in [-0.15, -0.1) is 5.10 Å². The maximum Gasteiger partial charge on any atom is 0.246 e. The molecule has 0 bridgehead atoms. The molecule has 1 aromatic carbocycles. The Hall–Kier alpha value is -1.88. The number of aromatic nitrogens is 3. The largest absolute Gasteiger partial charge is 0.368 e. The van der Waals surface area contributed by atoms with Gasteiger partial charge < -0.3 is 10.6 Å². The summed E-state index contributed by atoms with van der Waals surface area (Å²) in [7, 11) is -3.26. The van der Waals surface area contributed by atoms with Gasteiger partial charge in [-0.1, -0.05) is 23.7 Å². The van der Waals surface area contributed by atoms with Crippen molar-refractivity contribution in [2.45, 2.75) is 44.3 Å². The number of benzene rings is 1. The summed E-state index contributed by atoms with van der Waals surface area (Å²) >= 11 is 6.05. The number of hydrogen-bond acceptors (Lipinski definition) is 7. The second-order valence-electron chi connectivity index (χ2n) is 8.60. The van der Waals surface area contributed by atoms with E-state index < -0.39 is 10.0 Å². The summed E-state index contributed by atoms with van der Waals surface area (Å²) in [4.78, 5) is 8.90. The molecule has 2 aliphatic heterocycles. The molecule has 2 atom stereocenters. The molecule has 2 fully saturated rings. The average Bonchev–Trinajstić information content (AvgIpc) is 3.16. The van der Waals surface area contributed by atoms with Gasteiger partial charge in [0.2, 0.25) is 21.9 Å². The van der Waals surface area contributed by atoms with Crippen LogP contribution in [0.15, 0.2) is 24.3 Å². The average molecular weight is 468 g/mol. The Morgan fingerprint density at radius 1 is 1.19 bits per heavy atom. The van der Waals surface area contributed by atoms with Gasteiger partial charge >= 0.3 is 0 Å². The number of nitrogens with zero attached hydrogens (tertiary/aromatic N) is 5. The van der Waals surface area contributed by atoms with E-state index in [4.69, 9.17) is 17.3 Å². The first kappa shape index (κ1) is 22.3. The minimum Gasteiger partial charge on any atom is -0.368 e. The van der Waals surface area contributed by atoms with Crippen molar-refractivity contribution in [3.05, 3.63) is 34.9 Å². The summed E-state index contributed by atoms with van der Waals surface area (Å²) in [5.74, 6) is 0.967. The Balaban J connectivity index is 1.50. The van der Waals surface area contributed by atoms with Crippen molar-refractivity contribution in [1.29, 1.82) is 0 Å². The number of rotatable bonds is 5. The van der Waals surface area contributed by atoms with Crippen LogP contribution in [0.25, 0.3) is 0 Å². The Morgan fingerprint density at radius 3 is 2.45 bits per heavy atom. The number of nitrogens with two attached hydrogens (primary N) is 1. The number of halogens is 1. The Labute approximate surface area is 188 Å². The molecule has 1 unspecified atom stereocenters. The van der Waals surface area contributed by atoms with Crippen molar-refractivity contribution in [3.63, 3.8) is 0 Å². The summed E-state index contributed by atoms with van der Waals surface area (Å²) in [6.07, 6.45) is 4.03. The molecule has 3 heterocycles. The fourth-order valence-corrected chi connectivity index (χ4v) is 6.11. The van der Waals surface area contributed by atoms with E-state index in [-0.39, 0.29) is 12.1 Å². The van der Waals surface area contributed by atoms with E-state index in [0.717, 1.165) is 44.5 Å². The molecule has 11 heteroatoms. The van der Waals surface area contributed by atoms with Crippen molar-refractivity contribution in [2.75, 3.05) is 43.1 Å². The lowest BCUT2D eigenvalue weighted by molar-refractivity contribution is 0.0362. The zero-order valence-electron chi connectivity index (χ0n) is 17.9. The van der Waals surface area contributed by atoms with Gasteiger partial charge in [-0.3, -0.25) is 4.90 Å². The smallest absolute Gasteiger partial charge is 0.246 e. The highest BCUT2D eigenvalue weighted by Gasteiger charge is 2.40. The van der Waals surface area contributed by atoms with Crippen LogP contribution in [0.3, 0.4) is 0 Å². The van der Waals surface area contributed by atoms with Gasteiger partial charge in [-0.2, -0.15) is 9.29 Å². The Bertz CT molecular complexity index is 989. The van der Waals surface area contributed by atoms with E-state index in [9.17, 15) is 8.42 Å². The van der Waals surface area contributed by atoms with E-state index in [1.54, 1.807) is 4.31 Å². The third-order valence-corrected chi connectivity index (χ3v) is 7.96. The predicted octanol–water partition coefficient (Wildman–Crippen LogP) is 1.59. The van der Waals surface area contributed by atoms with Gasteiger partial charge in [0, 0.05) is 49.3 Å². The second kappa shape index (κ2) is 8.93. The normalized spacial score (nSPS) is 24.5. The number of nitrogens with one attached hydrogen (secondary N) is 1. The molecule has 0 radical (unpaired) electrons. The van der Waals surface area contributed by atoms with E-state index in [1.165, 1.54) is 6.26 Å². The topological polar surface area (TPSA) is 111 Å². The number of nitrogen functional groups attached to an aromatic ring is 1. The Morgan fingerprint density at radius 2 is 1.87 bits per heavy atom. The number of piperidine rings is 1. The lowest BCUT2D eigenvalue weighted by Gasteiger charge is -2.49. The zero-order chi connectivity index (χ0) is 22.2. The third kappa shape index (κ3) is 5.14. The number of anilines is 2. The first-order chi connectivity index (χ1) is 14.7. The molecule has 0 aliphatic carbocycles. The van der Waals surface area contributed by atoms with Gasteiger partial charge in [0.15, 0.2) is 0 Å². The van der Waals surface area contributed by atoms with Crippen LogP contribution in [0.5, 0.6) is 0 Å². The van der Waals surface area contributed by atoms with Crippen LogP contribution >= 0.6 is 11.6 Å². The Kier molecular flexibility index (Phi) is 6.43. The van der Waals surface area contributed by atoms with E-state index in [2.05, 4.69) is 25.0 Å². The monoisotopic (exact) mass is 467 g/mol. The molecule has 1 aromatic heterocycles. The van der Waals surface area contributed by atoms with Crippen molar-refractivity contribution in [3.8, 4) is 0 Å². The van der Waals surface area contributed by atoms with Gasteiger partial charge in [-0.05, 0) is 43.9 Å². The summed E-state index contributed by atoms with van der Waals surface area (Å²) in [5, 5.41) is 7.57. The van der Waals surface area contributed by atoms with Crippen LogP contribution in [-0.4, -0.2) is 83.4 Å². The highest BCUT2D eigenvalue weighted by molar-refractivity contribution is 7.88. The highest BCUT2D eigenvalue weighted by atomic mass is 35.5. The van der Waals surface area contributed by atoms with Crippen molar-refractivity contribution in [1.82, 2.24) is 24.4 Å². The molecule has 0 spiro atoms.